The molecule has 1 aliphatic heterocycles. The molecule has 0 aromatic carbocycles. The van der Waals surface area contributed by atoms with Crippen molar-refractivity contribution in [3.63, 3.8) is 0 Å². The van der Waals surface area contributed by atoms with Gasteiger partial charge in [-0.1, -0.05) is 19.3 Å². The Hall–Kier alpha value is -0.610. The van der Waals surface area contributed by atoms with E-state index in [1.807, 2.05) is 6.92 Å². The maximum atomic E-state index is 12.1. The van der Waals surface area contributed by atoms with Crippen LogP contribution in [-0.4, -0.2) is 49.1 Å². The van der Waals surface area contributed by atoms with E-state index in [9.17, 15) is 4.79 Å². The topological polar surface area (TPSA) is 44.4 Å². The quantitative estimate of drug-likeness (QED) is 0.731. The van der Waals surface area contributed by atoms with Gasteiger partial charge in [-0.05, 0) is 59.2 Å². The summed E-state index contributed by atoms with van der Waals surface area (Å²) in [7, 11) is 2.23. The Morgan fingerprint density at radius 3 is 2.70 bits per heavy atom. The first-order valence-corrected chi connectivity index (χ1v) is 8.35. The van der Waals surface area contributed by atoms with Crippen LogP contribution in [0.15, 0.2) is 0 Å². The van der Waals surface area contributed by atoms with Gasteiger partial charge in [-0.25, -0.2) is 0 Å². The molecule has 0 aromatic rings. The van der Waals surface area contributed by atoms with Crippen molar-refractivity contribution in [1.29, 1.82) is 0 Å². The fourth-order valence-corrected chi connectivity index (χ4v) is 3.52. The second kappa shape index (κ2) is 7.41. The van der Waals surface area contributed by atoms with Crippen molar-refractivity contribution < 1.29 is 4.79 Å². The zero-order valence-corrected chi connectivity index (χ0v) is 13.2. The minimum absolute atomic E-state index is 0.176. The van der Waals surface area contributed by atoms with Crippen LogP contribution in [0.25, 0.3) is 0 Å². The van der Waals surface area contributed by atoms with E-state index in [1.54, 1.807) is 0 Å². The minimum Gasteiger partial charge on any atom is -0.354 e. The van der Waals surface area contributed by atoms with Crippen molar-refractivity contribution in [2.45, 2.75) is 69.9 Å². The summed E-state index contributed by atoms with van der Waals surface area (Å²) in [5.74, 6) is 0.176. The van der Waals surface area contributed by atoms with E-state index in [0.29, 0.717) is 0 Å². The molecular weight excluding hydrogens is 250 g/mol. The number of hydrogen-bond donors (Lipinski definition) is 2. The third kappa shape index (κ3) is 4.19. The van der Waals surface area contributed by atoms with E-state index in [2.05, 4.69) is 22.6 Å². The molecule has 2 fully saturated rings. The first-order chi connectivity index (χ1) is 9.62. The Balaban J connectivity index is 1.59. The van der Waals surface area contributed by atoms with E-state index in [1.165, 1.54) is 32.1 Å². The predicted molar refractivity (Wildman–Crippen MR) is 82.8 cm³/mol. The number of rotatable bonds is 6. The van der Waals surface area contributed by atoms with Crippen LogP contribution in [0.4, 0.5) is 0 Å². The summed E-state index contributed by atoms with van der Waals surface area (Å²) in [6.07, 6.45) is 10.00. The highest BCUT2D eigenvalue weighted by Gasteiger charge is 2.35. The normalized spacial score (nSPS) is 27.9. The number of amides is 1. The Bertz CT molecular complexity index is 307. The summed E-state index contributed by atoms with van der Waals surface area (Å²) in [5.41, 5.74) is -0.324. The Kier molecular flexibility index (Phi) is 5.85. The molecular formula is C16H31N3O. The predicted octanol–water partition coefficient (Wildman–Crippen LogP) is 1.90. The summed E-state index contributed by atoms with van der Waals surface area (Å²) in [6.45, 7) is 4.88. The molecule has 1 amide bonds. The molecule has 0 aromatic heterocycles. The first kappa shape index (κ1) is 15.8. The van der Waals surface area contributed by atoms with Gasteiger partial charge >= 0.3 is 0 Å². The lowest BCUT2D eigenvalue weighted by atomic mass is 9.94. The minimum atomic E-state index is -0.324. The van der Waals surface area contributed by atoms with Gasteiger partial charge in [0.2, 0.25) is 5.91 Å². The second-order valence-corrected chi connectivity index (χ2v) is 6.74. The molecule has 2 rings (SSSR count). The van der Waals surface area contributed by atoms with Crippen LogP contribution in [-0.2, 0) is 4.79 Å². The zero-order chi connectivity index (χ0) is 14.4. The molecule has 2 aliphatic rings. The standard InChI is InChI=1S/C16H31N3O/c1-16(10-6-12-18-16)15(20)17-11-7-13-19(2)14-8-4-3-5-9-14/h14,18H,3-13H2,1-2H3,(H,17,20). The molecule has 1 heterocycles. The Morgan fingerprint density at radius 2 is 2.05 bits per heavy atom. The molecule has 4 nitrogen and oxygen atoms in total. The number of carbonyl (C=O) groups excluding carboxylic acids is 1. The molecule has 1 aliphatic carbocycles. The number of hydrogen-bond acceptors (Lipinski definition) is 3. The number of carbonyl (C=O) groups is 1. The summed E-state index contributed by atoms with van der Waals surface area (Å²) in [5, 5.41) is 6.41. The maximum Gasteiger partial charge on any atom is 0.240 e. The molecule has 0 bridgehead atoms. The molecule has 1 saturated carbocycles. The van der Waals surface area contributed by atoms with E-state index in [-0.39, 0.29) is 11.4 Å². The van der Waals surface area contributed by atoms with E-state index >= 15 is 0 Å². The van der Waals surface area contributed by atoms with Gasteiger partial charge < -0.3 is 15.5 Å². The highest BCUT2D eigenvalue weighted by atomic mass is 16.2. The molecule has 116 valence electrons. The van der Waals surface area contributed by atoms with Crippen molar-refractivity contribution in [2.75, 3.05) is 26.7 Å². The lowest BCUT2D eigenvalue weighted by Gasteiger charge is -2.31. The monoisotopic (exact) mass is 281 g/mol. The number of nitrogens with zero attached hydrogens (tertiary/aromatic N) is 1. The van der Waals surface area contributed by atoms with Crippen molar-refractivity contribution in [3.05, 3.63) is 0 Å². The van der Waals surface area contributed by atoms with E-state index < -0.39 is 0 Å². The highest BCUT2D eigenvalue weighted by Crippen LogP contribution is 2.21. The van der Waals surface area contributed by atoms with Gasteiger partial charge in [-0.3, -0.25) is 4.79 Å². The lowest BCUT2D eigenvalue weighted by Crippen LogP contribution is -2.51. The summed E-state index contributed by atoms with van der Waals surface area (Å²) < 4.78 is 0. The molecule has 2 N–H and O–H groups in total. The Labute approximate surface area is 123 Å². The maximum absolute atomic E-state index is 12.1. The van der Waals surface area contributed by atoms with Gasteiger partial charge in [0.15, 0.2) is 0 Å². The van der Waals surface area contributed by atoms with Gasteiger partial charge in [-0.2, -0.15) is 0 Å². The molecule has 1 atom stereocenters. The van der Waals surface area contributed by atoms with Crippen molar-refractivity contribution in [1.82, 2.24) is 15.5 Å². The molecule has 20 heavy (non-hydrogen) atoms. The fraction of sp³-hybridized carbons (Fsp3) is 0.938. The first-order valence-electron chi connectivity index (χ1n) is 8.35. The molecule has 1 unspecified atom stereocenters. The SMILES string of the molecule is CN(CCCNC(=O)C1(C)CCCN1)C1CCCCC1. The lowest BCUT2D eigenvalue weighted by molar-refractivity contribution is -0.126. The van der Waals surface area contributed by atoms with Crippen LogP contribution in [0, 0.1) is 0 Å². The van der Waals surface area contributed by atoms with Crippen LogP contribution in [0.3, 0.4) is 0 Å². The molecule has 0 radical (unpaired) electrons. The average molecular weight is 281 g/mol. The average Bonchev–Trinajstić information content (AvgIpc) is 2.92. The third-order valence-electron chi connectivity index (χ3n) is 5.04. The highest BCUT2D eigenvalue weighted by molar-refractivity contribution is 5.86. The molecule has 4 heteroatoms. The van der Waals surface area contributed by atoms with Gasteiger partial charge in [0.25, 0.3) is 0 Å². The van der Waals surface area contributed by atoms with E-state index in [4.69, 9.17) is 0 Å². The summed E-state index contributed by atoms with van der Waals surface area (Å²) in [4.78, 5) is 14.6. The van der Waals surface area contributed by atoms with Crippen LogP contribution >= 0.6 is 0 Å². The van der Waals surface area contributed by atoms with Crippen LogP contribution < -0.4 is 10.6 Å². The van der Waals surface area contributed by atoms with Crippen LogP contribution in [0.2, 0.25) is 0 Å². The largest absolute Gasteiger partial charge is 0.354 e. The Morgan fingerprint density at radius 1 is 1.30 bits per heavy atom. The molecule has 1 saturated heterocycles. The third-order valence-corrected chi connectivity index (χ3v) is 5.04. The summed E-state index contributed by atoms with van der Waals surface area (Å²) >= 11 is 0. The van der Waals surface area contributed by atoms with Gasteiger partial charge in [0.1, 0.15) is 0 Å². The van der Waals surface area contributed by atoms with Gasteiger partial charge in [-0.15, -0.1) is 0 Å². The zero-order valence-electron chi connectivity index (χ0n) is 13.2. The van der Waals surface area contributed by atoms with Crippen LogP contribution in [0.5, 0.6) is 0 Å². The van der Waals surface area contributed by atoms with Gasteiger partial charge in [0, 0.05) is 12.6 Å². The van der Waals surface area contributed by atoms with Crippen molar-refractivity contribution in [2.24, 2.45) is 0 Å². The second-order valence-electron chi connectivity index (χ2n) is 6.74. The smallest absolute Gasteiger partial charge is 0.240 e. The van der Waals surface area contributed by atoms with E-state index in [0.717, 1.165) is 44.9 Å². The van der Waals surface area contributed by atoms with Crippen LogP contribution in [0.1, 0.15) is 58.3 Å². The molecule has 0 spiro atoms. The summed E-state index contributed by atoms with van der Waals surface area (Å²) in [6, 6.07) is 0.772. The fourth-order valence-electron chi connectivity index (χ4n) is 3.52. The van der Waals surface area contributed by atoms with Crippen molar-refractivity contribution >= 4 is 5.91 Å². The van der Waals surface area contributed by atoms with Gasteiger partial charge in [0.05, 0.1) is 5.54 Å². The van der Waals surface area contributed by atoms with Crippen molar-refractivity contribution in [3.8, 4) is 0 Å². The number of nitrogens with one attached hydrogen (secondary N) is 2.